The summed E-state index contributed by atoms with van der Waals surface area (Å²) < 4.78 is 0. The molecule has 2 rings (SSSR count). The van der Waals surface area contributed by atoms with Gasteiger partial charge in [0.05, 0.1) is 5.54 Å². The molecule has 1 heterocycles. The van der Waals surface area contributed by atoms with E-state index < -0.39 is 0 Å². The Morgan fingerprint density at radius 2 is 2.19 bits per heavy atom. The van der Waals surface area contributed by atoms with Crippen molar-refractivity contribution in [1.29, 1.82) is 0 Å². The third-order valence-electron chi connectivity index (χ3n) is 3.24. The third-order valence-corrected chi connectivity index (χ3v) is 3.24. The van der Waals surface area contributed by atoms with Crippen molar-refractivity contribution in [2.45, 2.75) is 25.3 Å². The standard InChI is InChI=1S/C12H17N3O/c1-12(8-13,10-2-3-10)15-11(16)9-4-6-14-7-5-9/h4-7,10H,2-3,8,13H2,1H3,(H,15,16). The van der Waals surface area contributed by atoms with Crippen molar-refractivity contribution in [3.63, 3.8) is 0 Å². The third kappa shape index (κ3) is 2.22. The van der Waals surface area contributed by atoms with Gasteiger partial charge in [0.1, 0.15) is 0 Å². The minimum Gasteiger partial charge on any atom is -0.345 e. The van der Waals surface area contributed by atoms with Gasteiger partial charge in [-0.05, 0) is 37.8 Å². The lowest BCUT2D eigenvalue weighted by Gasteiger charge is -2.29. The number of nitrogens with one attached hydrogen (secondary N) is 1. The van der Waals surface area contributed by atoms with Gasteiger partial charge in [-0.2, -0.15) is 0 Å². The van der Waals surface area contributed by atoms with Gasteiger partial charge < -0.3 is 11.1 Å². The van der Waals surface area contributed by atoms with Crippen LogP contribution in [0, 0.1) is 5.92 Å². The number of carbonyl (C=O) groups excluding carboxylic acids is 1. The van der Waals surface area contributed by atoms with Gasteiger partial charge in [-0.1, -0.05) is 0 Å². The molecule has 1 fully saturated rings. The molecular formula is C12H17N3O. The van der Waals surface area contributed by atoms with E-state index in [1.54, 1.807) is 24.5 Å². The SMILES string of the molecule is CC(CN)(NC(=O)c1ccncc1)C1CC1. The van der Waals surface area contributed by atoms with Gasteiger partial charge in [-0.25, -0.2) is 0 Å². The maximum atomic E-state index is 12.0. The van der Waals surface area contributed by atoms with Gasteiger partial charge in [0.15, 0.2) is 0 Å². The fraction of sp³-hybridized carbons (Fsp3) is 0.500. The Hall–Kier alpha value is -1.42. The van der Waals surface area contributed by atoms with Gasteiger partial charge >= 0.3 is 0 Å². The van der Waals surface area contributed by atoms with Crippen LogP contribution in [0.25, 0.3) is 0 Å². The average molecular weight is 219 g/mol. The van der Waals surface area contributed by atoms with Crippen molar-refractivity contribution < 1.29 is 4.79 Å². The van der Waals surface area contributed by atoms with Crippen LogP contribution < -0.4 is 11.1 Å². The normalized spacial score (nSPS) is 18.9. The molecule has 0 aromatic carbocycles. The largest absolute Gasteiger partial charge is 0.345 e. The van der Waals surface area contributed by atoms with E-state index in [0.717, 1.165) is 12.8 Å². The Morgan fingerprint density at radius 1 is 1.56 bits per heavy atom. The molecule has 1 aromatic heterocycles. The summed E-state index contributed by atoms with van der Waals surface area (Å²) >= 11 is 0. The Bertz CT molecular complexity index is 375. The minimum absolute atomic E-state index is 0.0674. The number of aromatic nitrogens is 1. The van der Waals surface area contributed by atoms with Crippen LogP contribution in [0.5, 0.6) is 0 Å². The summed E-state index contributed by atoms with van der Waals surface area (Å²) in [6, 6.07) is 3.42. The first kappa shape index (κ1) is 11.1. The molecule has 1 unspecified atom stereocenters. The highest BCUT2D eigenvalue weighted by molar-refractivity contribution is 5.94. The zero-order valence-corrected chi connectivity index (χ0v) is 9.44. The first-order valence-corrected chi connectivity index (χ1v) is 5.58. The van der Waals surface area contributed by atoms with Crippen LogP contribution in [-0.2, 0) is 0 Å². The summed E-state index contributed by atoms with van der Waals surface area (Å²) in [7, 11) is 0. The number of nitrogens with zero attached hydrogens (tertiary/aromatic N) is 1. The highest BCUT2D eigenvalue weighted by Crippen LogP contribution is 2.39. The molecule has 0 bridgehead atoms. The fourth-order valence-corrected chi connectivity index (χ4v) is 1.88. The Morgan fingerprint density at radius 3 is 2.69 bits per heavy atom. The van der Waals surface area contributed by atoms with Gasteiger partial charge in [-0.3, -0.25) is 9.78 Å². The molecule has 1 atom stereocenters. The lowest BCUT2D eigenvalue weighted by atomic mass is 9.95. The number of carbonyl (C=O) groups is 1. The van der Waals surface area contributed by atoms with Crippen LogP contribution in [0.2, 0.25) is 0 Å². The lowest BCUT2D eigenvalue weighted by Crippen LogP contribution is -2.53. The van der Waals surface area contributed by atoms with Gasteiger partial charge in [0.25, 0.3) is 5.91 Å². The van der Waals surface area contributed by atoms with Gasteiger partial charge in [0, 0.05) is 24.5 Å². The van der Waals surface area contributed by atoms with Crippen LogP contribution >= 0.6 is 0 Å². The molecule has 1 amide bonds. The van der Waals surface area contributed by atoms with Crippen LogP contribution in [0.4, 0.5) is 0 Å². The summed E-state index contributed by atoms with van der Waals surface area (Å²) in [6.45, 7) is 2.50. The number of rotatable bonds is 4. The fourth-order valence-electron chi connectivity index (χ4n) is 1.88. The number of pyridine rings is 1. The molecule has 1 aliphatic rings. The summed E-state index contributed by atoms with van der Waals surface area (Å²) in [5.74, 6) is 0.463. The number of nitrogens with two attached hydrogens (primary N) is 1. The molecular weight excluding hydrogens is 202 g/mol. The second-order valence-corrected chi connectivity index (χ2v) is 4.59. The van der Waals surface area contributed by atoms with Crippen molar-refractivity contribution in [1.82, 2.24) is 10.3 Å². The summed E-state index contributed by atoms with van der Waals surface area (Å²) in [6.07, 6.45) is 5.55. The molecule has 1 aliphatic carbocycles. The highest BCUT2D eigenvalue weighted by Gasteiger charge is 2.41. The molecule has 0 radical (unpaired) electrons. The molecule has 1 saturated carbocycles. The van der Waals surface area contributed by atoms with Gasteiger partial charge in [0.2, 0.25) is 0 Å². The van der Waals surface area contributed by atoms with E-state index in [9.17, 15) is 4.79 Å². The predicted molar refractivity (Wildman–Crippen MR) is 61.9 cm³/mol. The molecule has 4 nitrogen and oxygen atoms in total. The molecule has 4 heteroatoms. The highest BCUT2D eigenvalue weighted by atomic mass is 16.1. The van der Waals surface area contributed by atoms with E-state index in [0.29, 0.717) is 18.0 Å². The molecule has 3 N–H and O–H groups in total. The molecule has 0 saturated heterocycles. The van der Waals surface area contributed by atoms with Gasteiger partial charge in [-0.15, -0.1) is 0 Å². The number of hydrogen-bond acceptors (Lipinski definition) is 3. The van der Waals surface area contributed by atoms with E-state index in [1.165, 1.54) is 0 Å². The van der Waals surface area contributed by atoms with Crippen molar-refractivity contribution in [2.75, 3.05) is 6.54 Å². The summed E-state index contributed by atoms with van der Waals surface area (Å²) in [4.78, 5) is 15.8. The van der Waals surface area contributed by atoms with E-state index in [4.69, 9.17) is 5.73 Å². The van der Waals surface area contributed by atoms with E-state index in [1.807, 2.05) is 6.92 Å². The molecule has 0 aliphatic heterocycles. The maximum absolute atomic E-state index is 12.0. The monoisotopic (exact) mass is 219 g/mol. The molecule has 86 valence electrons. The van der Waals surface area contributed by atoms with Crippen LogP contribution in [-0.4, -0.2) is 23.0 Å². The smallest absolute Gasteiger partial charge is 0.251 e. The van der Waals surface area contributed by atoms with Crippen molar-refractivity contribution in [2.24, 2.45) is 11.7 Å². The van der Waals surface area contributed by atoms with Crippen molar-refractivity contribution in [3.8, 4) is 0 Å². The zero-order valence-electron chi connectivity index (χ0n) is 9.44. The topological polar surface area (TPSA) is 68.0 Å². The maximum Gasteiger partial charge on any atom is 0.251 e. The Balaban J connectivity index is 2.06. The quantitative estimate of drug-likeness (QED) is 0.792. The first-order chi connectivity index (χ1) is 7.65. The van der Waals surface area contributed by atoms with E-state index in [-0.39, 0.29) is 11.4 Å². The van der Waals surface area contributed by atoms with Crippen LogP contribution in [0.3, 0.4) is 0 Å². The van der Waals surface area contributed by atoms with Crippen LogP contribution in [0.15, 0.2) is 24.5 Å². The Labute approximate surface area is 95.3 Å². The summed E-state index contributed by atoms with van der Waals surface area (Å²) in [5.41, 5.74) is 6.12. The van der Waals surface area contributed by atoms with Crippen molar-refractivity contribution >= 4 is 5.91 Å². The molecule has 1 aromatic rings. The average Bonchev–Trinajstić information content (AvgIpc) is 3.14. The second kappa shape index (κ2) is 4.22. The number of hydrogen-bond donors (Lipinski definition) is 2. The second-order valence-electron chi connectivity index (χ2n) is 4.59. The summed E-state index contributed by atoms with van der Waals surface area (Å²) in [5, 5.41) is 3.03. The number of amides is 1. The zero-order chi connectivity index (χ0) is 11.6. The lowest BCUT2D eigenvalue weighted by molar-refractivity contribution is 0.0897. The molecule has 0 spiro atoms. The predicted octanol–water partition coefficient (Wildman–Crippen LogP) is 0.939. The molecule has 16 heavy (non-hydrogen) atoms. The van der Waals surface area contributed by atoms with E-state index >= 15 is 0 Å². The Kier molecular flexibility index (Phi) is 2.92. The first-order valence-electron chi connectivity index (χ1n) is 5.58. The van der Waals surface area contributed by atoms with E-state index in [2.05, 4.69) is 10.3 Å². The van der Waals surface area contributed by atoms with Crippen LogP contribution in [0.1, 0.15) is 30.1 Å². The van der Waals surface area contributed by atoms with Crippen molar-refractivity contribution in [3.05, 3.63) is 30.1 Å². The minimum atomic E-state index is -0.264.